The second-order valence-corrected chi connectivity index (χ2v) is 11.0. The average molecular weight is 507 g/mol. The van der Waals surface area contributed by atoms with Gasteiger partial charge in [-0.05, 0) is 29.9 Å². The van der Waals surface area contributed by atoms with Gasteiger partial charge in [0.2, 0.25) is 11.8 Å². The highest BCUT2D eigenvalue weighted by molar-refractivity contribution is 6.11. The zero-order valence-corrected chi connectivity index (χ0v) is 21.6. The van der Waals surface area contributed by atoms with Crippen LogP contribution in [-0.2, 0) is 22.7 Å². The van der Waals surface area contributed by atoms with Gasteiger partial charge in [-0.15, -0.1) is 0 Å². The molecule has 2 amide bonds. The van der Waals surface area contributed by atoms with Crippen molar-refractivity contribution in [3.8, 4) is 0 Å². The summed E-state index contributed by atoms with van der Waals surface area (Å²) in [6.07, 6.45) is 5.53. The lowest BCUT2D eigenvalue weighted by atomic mass is 9.77. The smallest absolute Gasteiger partial charge is 0.235 e. The van der Waals surface area contributed by atoms with Crippen molar-refractivity contribution >= 4 is 17.6 Å². The number of likely N-dealkylation sites (tertiary alicyclic amines) is 2. The molecule has 5 nitrogen and oxygen atoms in total. The molecule has 3 aliphatic rings. The number of nitrogens with zero attached hydrogens (tertiary/aromatic N) is 2. The van der Waals surface area contributed by atoms with Crippen LogP contribution in [0.5, 0.6) is 0 Å². The van der Waals surface area contributed by atoms with E-state index >= 15 is 0 Å². The molecule has 38 heavy (non-hydrogen) atoms. The lowest BCUT2D eigenvalue weighted by molar-refractivity contribution is -0.142. The van der Waals surface area contributed by atoms with Crippen molar-refractivity contribution in [3.63, 3.8) is 0 Å². The number of amides is 2. The summed E-state index contributed by atoms with van der Waals surface area (Å²) in [5, 5.41) is 0. The SMILES string of the molecule is O=C(c1ccccc1)[C@H]1[C@@H]2C(=O)N(Cc3ccccc3)C(=O)[C@@H]2[C@H](C2CCCCC2)N1Cc1ccccc1. The largest absolute Gasteiger partial charge is 0.292 e. The Labute approximate surface area is 224 Å². The van der Waals surface area contributed by atoms with E-state index in [9.17, 15) is 14.4 Å². The molecule has 2 heterocycles. The maximum atomic E-state index is 14.2. The Hall–Kier alpha value is -3.57. The molecule has 3 aromatic carbocycles. The molecule has 5 heteroatoms. The second-order valence-electron chi connectivity index (χ2n) is 11.0. The molecule has 194 valence electrons. The normalized spacial score (nSPS) is 26.1. The van der Waals surface area contributed by atoms with Gasteiger partial charge in [0.05, 0.1) is 24.4 Å². The minimum atomic E-state index is -0.660. The first-order valence-corrected chi connectivity index (χ1v) is 13.9. The quantitative estimate of drug-likeness (QED) is 0.314. The van der Waals surface area contributed by atoms with Crippen molar-refractivity contribution in [1.82, 2.24) is 9.80 Å². The first-order valence-electron chi connectivity index (χ1n) is 13.9. The van der Waals surface area contributed by atoms with Crippen molar-refractivity contribution in [2.45, 2.75) is 57.3 Å². The summed E-state index contributed by atoms with van der Waals surface area (Å²) in [4.78, 5) is 46.1. The summed E-state index contributed by atoms with van der Waals surface area (Å²) in [6, 6.07) is 28.3. The van der Waals surface area contributed by atoms with Gasteiger partial charge in [0.1, 0.15) is 0 Å². The third-order valence-corrected chi connectivity index (χ3v) is 8.79. The summed E-state index contributed by atoms with van der Waals surface area (Å²) in [5.41, 5.74) is 2.62. The van der Waals surface area contributed by atoms with E-state index in [-0.39, 0.29) is 30.2 Å². The third kappa shape index (κ3) is 4.49. The summed E-state index contributed by atoms with van der Waals surface area (Å²) >= 11 is 0. The molecule has 1 saturated carbocycles. The van der Waals surface area contributed by atoms with Gasteiger partial charge in [-0.1, -0.05) is 110 Å². The van der Waals surface area contributed by atoms with Crippen LogP contribution in [0.15, 0.2) is 91.0 Å². The zero-order valence-electron chi connectivity index (χ0n) is 21.6. The number of Topliss-reactive ketones (excluding diaryl/α,β-unsaturated/α-hetero) is 1. The second kappa shape index (κ2) is 10.7. The Morgan fingerprint density at radius 3 is 1.79 bits per heavy atom. The fourth-order valence-corrected chi connectivity index (χ4v) is 7.11. The van der Waals surface area contributed by atoms with Crippen molar-refractivity contribution in [2.75, 3.05) is 0 Å². The molecule has 3 fully saturated rings. The number of hydrogen-bond acceptors (Lipinski definition) is 4. The number of imide groups is 1. The lowest BCUT2D eigenvalue weighted by Gasteiger charge is -2.38. The Morgan fingerprint density at radius 2 is 1.18 bits per heavy atom. The van der Waals surface area contributed by atoms with Crippen LogP contribution in [0.25, 0.3) is 0 Å². The van der Waals surface area contributed by atoms with Crippen LogP contribution in [0.2, 0.25) is 0 Å². The van der Waals surface area contributed by atoms with Crippen LogP contribution in [0.4, 0.5) is 0 Å². The molecule has 3 aromatic rings. The summed E-state index contributed by atoms with van der Waals surface area (Å²) < 4.78 is 0. The molecule has 0 spiro atoms. The predicted molar refractivity (Wildman–Crippen MR) is 146 cm³/mol. The Balaban J connectivity index is 1.43. The first-order chi connectivity index (χ1) is 18.6. The number of hydrogen-bond donors (Lipinski definition) is 0. The molecule has 0 aromatic heterocycles. The molecule has 0 unspecified atom stereocenters. The Bertz CT molecular complexity index is 1290. The van der Waals surface area contributed by atoms with E-state index in [2.05, 4.69) is 17.0 Å². The number of ketones is 1. The standard InChI is InChI=1S/C33H34N2O3/c36-31(26-19-11-4-12-20-26)30-28-27(32(37)35(33(28)38)22-24-15-7-2-8-16-24)29(25-17-9-3-10-18-25)34(30)21-23-13-5-1-6-14-23/h1-2,4-8,11-16,19-20,25,27-30H,3,9-10,17-18,21-22H2/t27-,28+,29-,30+/m0/s1. The Morgan fingerprint density at radius 1 is 0.658 bits per heavy atom. The number of fused-ring (bicyclic) bond motifs is 1. The van der Waals surface area contributed by atoms with Crippen LogP contribution in [0, 0.1) is 17.8 Å². The van der Waals surface area contributed by atoms with Crippen LogP contribution in [-0.4, -0.2) is 39.5 Å². The highest BCUT2D eigenvalue weighted by Crippen LogP contribution is 2.49. The van der Waals surface area contributed by atoms with Crippen molar-refractivity contribution in [2.24, 2.45) is 17.8 Å². The first kappa shape index (κ1) is 24.7. The predicted octanol–water partition coefficient (Wildman–Crippen LogP) is 5.50. The number of rotatable bonds is 7. The molecule has 0 radical (unpaired) electrons. The zero-order chi connectivity index (χ0) is 26.1. The van der Waals surface area contributed by atoms with Crippen LogP contribution < -0.4 is 0 Å². The molecule has 0 N–H and O–H groups in total. The van der Waals surface area contributed by atoms with Crippen LogP contribution >= 0.6 is 0 Å². The monoisotopic (exact) mass is 506 g/mol. The Kier molecular flexibility index (Phi) is 6.94. The molecule has 1 aliphatic carbocycles. The van der Waals surface area contributed by atoms with Gasteiger partial charge in [-0.3, -0.25) is 24.2 Å². The number of benzene rings is 3. The lowest BCUT2D eigenvalue weighted by Crippen LogP contribution is -2.49. The van der Waals surface area contributed by atoms with Gasteiger partial charge in [-0.2, -0.15) is 0 Å². The van der Waals surface area contributed by atoms with Gasteiger partial charge in [0.15, 0.2) is 5.78 Å². The maximum Gasteiger partial charge on any atom is 0.235 e. The summed E-state index contributed by atoms with van der Waals surface area (Å²) in [5.74, 6) is -1.22. The fraction of sp³-hybridized carbons (Fsp3) is 0.364. The average Bonchev–Trinajstić information content (AvgIpc) is 3.42. The van der Waals surface area contributed by atoms with Crippen LogP contribution in [0.3, 0.4) is 0 Å². The molecule has 2 saturated heterocycles. The molecular weight excluding hydrogens is 472 g/mol. The molecule has 2 aliphatic heterocycles. The van der Waals surface area contributed by atoms with Gasteiger partial charge < -0.3 is 0 Å². The maximum absolute atomic E-state index is 14.2. The van der Waals surface area contributed by atoms with E-state index in [1.807, 2.05) is 78.9 Å². The molecule has 0 bridgehead atoms. The van der Waals surface area contributed by atoms with Gasteiger partial charge >= 0.3 is 0 Å². The molecule has 4 atom stereocenters. The van der Waals surface area contributed by atoms with E-state index in [1.165, 1.54) is 11.3 Å². The van der Waals surface area contributed by atoms with Crippen molar-refractivity contribution < 1.29 is 14.4 Å². The van der Waals surface area contributed by atoms with Crippen molar-refractivity contribution in [1.29, 1.82) is 0 Å². The minimum absolute atomic E-state index is 0.0578. The molecule has 6 rings (SSSR count). The highest BCUT2D eigenvalue weighted by Gasteiger charge is 2.64. The van der Waals surface area contributed by atoms with E-state index < -0.39 is 17.9 Å². The fourth-order valence-electron chi connectivity index (χ4n) is 7.11. The number of carbonyl (C=O) groups excluding carboxylic acids is 3. The van der Waals surface area contributed by atoms with E-state index in [0.717, 1.165) is 36.8 Å². The van der Waals surface area contributed by atoms with E-state index in [4.69, 9.17) is 0 Å². The van der Waals surface area contributed by atoms with Crippen LogP contribution in [0.1, 0.15) is 53.6 Å². The van der Waals surface area contributed by atoms with Gasteiger partial charge in [-0.25, -0.2) is 0 Å². The minimum Gasteiger partial charge on any atom is -0.292 e. The molecular formula is C33H34N2O3. The van der Waals surface area contributed by atoms with E-state index in [1.54, 1.807) is 0 Å². The summed E-state index contributed by atoms with van der Waals surface area (Å²) in [7, 11) is 0. The third-order valence-electron chi connectivity index (χ3n) is 8.79. The van der Waals surface area contributed by atoms with Crippen molar-refractivity contribution in [3.05, 3.63) is 108 Å². The summed E-state index contributed by atoms with van der Waals surface area (Å²) in [6.45, 7) is 0.811. The highest BCUT2D eigenvalue weighted by atomic mass is 16.2. The topological polar surface area (TPSA) is 57.7 Å². The van der Waals surface area contributed by atoms with E-state index in [0.29, 0.717) is 18.0 Å². The van der Waals surface area contributed by atoms with Gasteiger partial charge in [0, 0.05) is 18.2 Å². The van der Waals surface area contributed by atoms with Gasteiger partial charge in [0.25, 0.3) is 0 Å². The number of carbonyl (C=O) groups is 3.